The van der Waals surface area contributed by atoms with Crippen molar-refractivity contribution in [3.05, 3.63) is 35.4 Å². The molecule has 0 radical (unpaired) electrons. The summed E-state index contributed by atoms with van der Waals surface area (Å²) in [5, 5.41) is 0. The maximum Gasteiger partial charge on any atom is -0.0134 e. The number of hydrogen-bond donors (Lipinski definition) is 0. The molecule has 0 aromatic heterocycles. The zero-order chi connectivity index (χ0) is 14.5. The molecule has 1 unspecified atom stereocenters. The van der Waals surface area contributed by atoms with Crippen LogP contribution in [0.5, 0.6) is 0 Å². The van der Waals surface area contributed by atoms with Crippen molar-refractivity contribution in [3.8, 4) is 0 Å². The van der Waals surface area contributed by atoms with Crippen molar-refractivity contribution in [1.29, 1.82) is 0 Å². The summed E-state index contributed by atoms with van der Waals surface area (Å²) in [6.45, 7) is 14.0. The molecule has 0 aliphatic rings. The third-order valence-electron chi connectivity index (χ3n) is 3.86. The van der Waals surface area contributed by atoms with Gasteiger partial charge in [-0.25, -0.2) is 0 Å². The Hall–Kier alpha value is -0.780. The predicted octanol–water partition coefficient (Wildman–Crippen LogP) is 6.21. The molecule has 0 heteroatoms. The first-order valence-corrected chi connectivity index (χ1v) is 7.92. The second kappa shape index (κ2) is 7.12. The minimum Gasteiger partial charge on any atom is -0.0654 e. The molecule has 0 heterocycles. The molecule has 0 aliphatic carbocycles. The maximum atomic E-state index is 2.36. The smallest absolute Gasteiger partial charge is 0.0134 e. The van der Waals surface area contributed by atoms with Gasteiger partial charge in [-0.1, -0.05) is 72.2 Å². The fourth-order valence-corrected chi connectivity index (χ4v) is 2.71. The number of rotatable bonds is 6. The zero-order valence-corrected chi connectivity index (χ0v) is 13.8. The molecule has 1 atom stereocenters. The molecule has 1 rings (SSSR count). The number of aryl methyl sites for hydroxylation is 1. The van der Waals surface area contributed by atoms with Crippen LogP contribution in [0, 0.1) is 11.3 Å². The third kappa shape index (κ3) is 5.80. The van der Waals surface area contributed by atoms with E-state index in [4.69, 9.17) is 0 Å². The fourth-order valence-electron chi connectivity index (χ4n) is 2.71. The highest BCUT2D eigenvalue weighted by Gasteiger charge is 2.22. The summed E-state index contributed by atoms with van der Waals surface area (Å²) < 4.78 is 0. The van der Waals surface area contributed by atoms with E-state index in [9.17, 15) is 0 Å². The Morgan fingerprint density at radius 3 is 2.00 bits per heavy atom. The highest BCUT2D eigenvalue weighted by molar-refractivity contribution is 5.26. The monoisotopic (exact) mass is 260 g/mol. The Labute approximate surface area is 120 Å². The summed E-state index contributed by atoms with van der Waals surface area (Å²) in [4.78, 5) is 0. The quantitative estimate of drug-likeness (QED) is 0.571. The van der Waals surface area contributed by atoms with Gasteiger partial charge in [0.05, 0.1) is 0 Å². The van der Waals surface area contributed by atoms with Crippen LogP contribution in [0.4, 0.5) is 0 Å². The molecule has 1 aromatic carbocycles. The van der Waals surface area contributed by atoms with Crippen molar-refractivity contribution < 1.29 is 0 Å². The molecule has 0 amide bonds. The van der Waals surface area contributed by atoms with Gasteiger partial charge in [0.1, 0.15) is 0 Å². The lowest BCUT2D eigenvalue weighted by Crippen LogP contribution is -2.16. The lowest BCUT2D eigenvalue weighted by Gasteiger charge is -2.29. The number of hydrogen-bond acceptors (Lipinski definition) is 0. The van der Waals surface area contributed by atoms with E-state index in [1.165, 1.54) is 36.8 Å². The van der Waals surface area contributed by atoms with Gasteiger partial charge in [-0.2, -0.15) is 0 Å². The van der Waals surface area contributed by atoms with E-state index in [2.05, 4.69) is 65.8 Å². The molecule has 0 bridgehead atoms. The van der Waals surface area contributed by atoms with E-state index in [1.807, 2.05) is 0 Å². The molecular formula is C19H32. The van der Waals surface area contributed by atoms with Gasteiger partial charge in [0.15, 0.2) is 0 Å². The van der Waals surface area contributed by atoms with Crippen LogP contribution < -0.4 is 0 Å². The second-order valence-electron chi connectivity index (χ2n) is 7.46. The van der Waals surface area contributed by atoms with Gasteiger partial charge in [-0.15, -0.1) is 0 Å². The van der Waals surface area contributed by atoms with Crippen molar-refractivity contribution >= 4 is 0 Å². The van der Waals surface area contributed by atoms with Gasteiger partial charge >= 0.3 is 0 Å². The minimum absolute atomic E-state index is 0.399. The molecule has 19 heavy (non-hydrogen) atoms. The molecule has 0 fully saturated rings. The van der Waals surface area contributed by atoms with Crippen molar-refractivity contribution in [2.24, 2.45) is 11.3 Å². The average molecular weight is 260 g/mol. The second-order valence-corrected chi connectivity index (χ2v) is 7.46. The van der Waals surface area contributed by atoms with Gasteiger partial charge in [0.2, 0.25) is 0 Å². The van der Waals surface area contributed by atoms with Crippen LogP contribution in [0.15, 0.2) is 24.3 Å². The first-order chi connectivity index (χ1) is 8.83. The van der Waals surface area contributed by atoms with E-state index >= 15 is 0 Å². The Morgan fingerprint density at radius 2 is 1.58 bits per heavy atom. The minimum atomic E-state index is 0.399. The Kier molecular flexibility index (Phi) is 6.10. The summed E-state index contributed by atoms with van der Waals surface area (Å²) >= 11 is 0. The number of benzene rings is 1. The Balaban J connectivity index is 2.80. The number of unbranched alkanes of at least 4 members (excludes halogenated alkanes) is 1. The summed E-state index contributed by atoms with van der Waals surface area (Å²) in [6, 6.07) is 9.40. The summed E-state index contributed by atoms with van der Waals surface area (Å²) in [5.74, 6) is 1.39. The van der Waals surface area contributed by atoms with E-state index in [0.29, 0.717) is 17.3 Å². The summed E-state index contributed by atoms with van der Waals surface area (Å²) in [5.41, 5.74) is 3.41. The average Bonchev–Trinajstić information content (AvgIpc) is 2.33. The molecule has 1 aromatic rings. The molecule has 0 saturated carbocycles. The molecule has 0 nitrogen and oxygen atoms in total. The summed E-state index contributed by atoms with van der Waals surface area (Å²) in [6.07, 6.45) is 5.07. The Bertz CT molecular complexity index is 351. The maximum absolute atomic E-state index is 2.36. The molecule has 0 aliphatic heterocycles. The van der Waals surface area contributed by atoms with Gasteiger partial charge in [0, 0.05) is 0 Å². The van der Waals surface area contributed by atoms with E-state index in [0.717, 1.165) is 0 Å². The first-order valence-electron chi connectivity index (χ1n) is 7.92. The van der Waals surface area contributed by atoms with Crippen molar-refractivity contribution in [2.45, 2.75) is 73.1 Å². The largest absolute Gasteiger partial charge is 0.0654 e. The van der Waals surface area contributed by atoms with Crippen LogP contribution >= 0.6 is 0 Å². The van der Waals surface area contributed by atoms with E-state index < -0.39 is 0 Å². The molecule has 0 N–H and O–H groups in total. The molecule has 0 spiro atoms. The highest BCUT2D eigenvalue weighted by atomic mass is 14.3. The topological polar surface area (TPSA) is 0 Å². The van der Waals surface area contributed by atoms with Crippen molar-refractivity contribution in [2.75, 3.05) is 0 Å². The van der Waals surface area contributed by atoms with Crippen molar-refractivity contribution in [3.63, 3.8) is 0 Å². The van der Waals surface area contributed by atoms with Crippen LogP contribution in [0.25, 0.3) is 0 Å². The molecule has 108 valence electrons. The standard InChI is InChI=1S/C19H32/c1-7-8-9-16-10-12-17(13-11-16)18(15(2)3)14-19(4,5)6/h10-13,15,18H,7-9,14H2,1-6H3. The van der Waals surface area contributed by atoms with Crippen LogP contribution in [-0.2, 0) is 6.42 Å². The van der Waals surface area contributed by atoms with Gasteiger partial charge in [-0.3, -0.25) is 0 Å². The van der Waals surface area contributed by atoms with Gasteiger partial charge in [0.25, 0.3) is 0 Å². The van der Waals surface area contributed by atoms with Crippen LogP contribution in [0.3, 0.4) is 0 Å². The highest BCUT2D eigenvalue weighted by Crippen LogP contribution is 2.36. The van der Waals surface area contributed by atoms with Crippen LogP contribution in [-0.4, -0.2) is 0 Å². The SMILES string of the molecule is CCCCc1ccc(C(CC(C)(C)C)C(C)C)cc1. The normalized spacial score (nSPS) is 13.8. The first kappa shape index (κ1) is 16.3. The van der Waals surface area contributed by atoms with Gasteiger partial charge < -0.3 is 0 Å². The molecule has 0 saturated heterocycles. The fraction of sp³-hybridized carbons (Fsp3) is 0.684. The van der Waals surface area contributed by atoms with Crippen LogP contribution in [0.1, 0.15) is 77.8 Å². The van der Waals surface area contributed by atoms with Gasteiger partial charge in [-0.05, 0) is 47.6 Å². The lowest BCUT2D eigenvalue weighted by molar-refractivity contribution is 0.301. The third-order valence-corrected chi connectivity index (χ3v) is 3.86. The van der Waals surface area contributed by atoms with E-state index in [1.54, 1.807) is 0 Å². The van der Waals surface area contributed by atoms with E-state index in [-0.39, 0.29) is 0 Å². The Morgan fingerprint density at radius 1 is 1.00 bits per heavy atom. The predicted molar refractivity (Wildman–Crippen MR) is 86.7 cm³/mol. The van der Waals surface area contributed by atoms with Crippen molar-refractivity contribution in [1.82, 2.24) is 0 Å². The summed E-state index contributed by atoms with van der Waals surface area (Å²) in [7, 11) is 0. The zero-order valence-electron chi connectivity index (χ0n) is 13.8. The molecular weight excluding hydrogens is 228 g/mol. The van der Waals surface area contributed by atoms with Crippen LogP contribution in [0.2, 0.25) is 0 Å². The lowest BCUT2D eigenvalue weighted by atomic mass is 9.76.